The molecule has 0 radical (unpaired) electrons. The third-order valence-corrected chi connectivity index (χ3v) is 4.69. The summed E-state index contributed by atoms with van der Waals surface area (Å²) in [5.74, 6) is 1.65. The largest absolute Gasteiger partial charge is 0.385 e. The highest BCUT2D eigenvalue weighted by atomic mass is 16.5. The highest BCUT2D eigenvalue weighted by Crippen LogP contribution is 2.32. The van der Waals surface area contributed by atoms with Crippen molar-refractivity contribution in [2.24, 2.45) is 17.6 Å². The molecule has 0 aromatic rings. The molecule has 0 amide bonds. The van der Waals surface area contributed by atoms with Crippen LogP contribution < -0.4 is 5.73 Å². The van der Waals surface area contributed by atoms with Crippen LogP contribution in [0.3, 0.4) is 0 Å². The quantitative estimate of drug-likeness (QED) is 0.625. The molecule has 0 spiro atoms. The smallest absolute Gasteiger partial charge is 0.0589 e. The Hall–Kier alpha value is -0.160. The van der Waals surface area contributed by atoms with Crippen molar-refractivity contribution >= 4 is 0 Å². The van der Waals surface area contributed by atoms with Gasteiger partial charge in [0.05, 0.1) is 6.61 Å². The predicted octanol–water partition coefficient (Wildman–Crippen LogP) is 2.12. The SMILES string of the molecule is COCCCN(CCOC)C(CN)C1CCC(C)CC1. The first-order valence-corrected chi connectivity index (χ1v) is 8.14. The Labute approximate surface area is 125 Å². The van der Waals surface area contributed by atoms with Gasteiger partial charge in [-0.2, -0.15) is 0 Å². The van der Waals surface area contributed by atoms with Crippen molar-refractivity contribution in [3.05, 3.63) is 0 Å². The minimum atomic E-state index is 0.509. The molecule has 0 saturated heterocycles. The van der Waals surface area contributed by atoms with Crippen molar-refractivity contribution in [3.63, 3.8) is 0 Å². The van der Waals surface area contributed by atoms with Crippen LogP contribution in [-0.2, 0) is 9.47 Å². The van der Waals surface area contributed by atoms with Gasteiger partial charge in [0.15, 0.2) is 0 Å². The van der Waals surface area contributed by atoms with E-state index in [0.29, 0.717) is 6.04 Å². The molecule has 1 rings (SSSR count). The van der Waals surface area contributed by atoms with Crippen LogP contribution in [0.1, 0.15) is 39.0 Å². The summed E-state index contributed by atoms with van der Waals surface area (Å²) in [6, 6.07) is 0.509. The summed E-state index contributed by atoms with van der Waals surface area (Å²) >= 11 is 0. The first kappa shape index (κ1) is 17.9. The second-order valence-corrected chi connectivity index (χ2v) is 6.20. The average Bonchev–Trinajstić information content (AvgIpc) is 2.47. The zero-order valence-electron chi connectivity index (χ0n) is 13.6. The first-order valence-electron chi connectivity index (χ1n) is 8.14. The second kappa shape index (κ2) is 10.6. The lowest BCUT2D eigenvalue weighted by molar-refractivity contribution is 0.0702. The number of hydrogen-bond acceptors (Lipinski definition) is 4. The lowest BCUT2D eigenvalue weighted by Crippen LogP contribution is -2.48. The van der Waals surface area contributed by atoms with Crippen molar-refractivity contribution in [1.29, 1.82) is 0 Å². The minimum Gasteiger partial charge on any atom is -0.385 e. The van der Waals surface area contributed by atoms with Crippen molar-refractivity contribution in [2.75, 3.05) is 47.1 Å². The third kappa shape index (κ3) is 6.08. The van der Waals surface area contributed by atoms with Gasteiger partial charge in [-0.05, 0) is 31.1 Å². The van der Waals surface area contributed by atoms with Crippen LogP contribution in [0.25, 0.3) is 0 Å². The van der Waals surface area contributed by atoms with E-state index in [-0.39, 0.29) is 0 Å². The minimum absolute atomic E-state index is 0.509. The van der Waals surface area contributed by atoms with Crippen LogP contribution in [0.15, 0.2) is 0 Å². The van der Waals surface area contributed by atoms with Crippen molar-refractivity contribution in [1.82, 2.24) is 4.90 Å². The molecule has 4 nitrogen and oxygen atoms in total. The highest BCUT2D eigenvalue weighted by molar-refractivity contribution is 4.84. The lowest BCUT2D eigenvalue weighted by atomic mass is 9.78. The molecule has 1 fully saturated rings. The van der Waals surface area contributed by atoms with E-state index in [4.69, 9.17) is 15.2 Å². The molecule has 0 heterocycles. The maximum absolute atomic E-state index is 6.10. The molecular formula is C16H34N2O2. The standard InChI is InChI=1S/C16H34N2O2/c1-14-5-7-15(8-6-14)16(13-17)18(10-12-20-3)9-4-11-19-2/h14-16H,4-13,17H2,1-3H3. The van der Waals surface area contributed by atoms with Gasteiger partial charge in [-0.15, -0.1) is 0 Å². The van der Waals surface area contributed by atoms with Crippen molar-refractivity contribution < 1.29 is 9.47 Å². The maximum Gasteiger partial charge on any atom is 0.0589 e. The van der Waals surface area contributed by atoms with E-state index in [2.05, 4.69) is 11.8 Å². The lowest BCUT2D eigenvalue weighted by Gasteiger charge is -2.39. The van der Waals surface area contributed by atoms with Gasteiger partial charge in [0, 0.05) is 46.5 Å². The van der Waals surface area contributed by atoms with E-state index in [9.17, 15) is 0 Å². The fourth-order valence-electron chi connectivity index (χ4n) is 3.37. The zero-order valence-corrected chi connectivity index (χ0v) is 13.6. The third-order valence-electron chi connectivity index (χ3n) is 4.69. The molecular weight excluding hydrogens is 252 g/mol. The van der Waals surface area contributed by atoms with E-state index < -0.39 is 0 Å². The Morgan fingerprint density at radius 1 is 1.05 bits per heavy atom. The summed E-state index contributed by atoms with van der Waals surface area (Å²) in [5.41, 5.74) is 6.10. The van der Waals surface area contributed by atoms with E-state index in [1.54, 1.807) is 14.2 Å². The summed E-state index contributed by atoms with van der Waals surface area (Å²) in [4.78, 5) is 2.53. The fourth-order valence-corrected chi connectivity index (χ4v) is 3.37. The number of nitrogens with two attached hydrogens (primary N) is 1. The molecule has 120 valence electrons. The molecule has 0 aliphatic heterocycles. The van der Waals surface area contributed by atoms with Gasteiger partial charge < -0.3 is 15.2 Å². The Morgan fingerprint density at radius 3 is 2.25 bits per heavy atom. The van der Waals surface area contributed by atoms with Gasteiger partial charge in [-0.3, -0.25) is 4.90 Å². The Balaban J connectivity index is 2.53. The Bertz CT molecular complexity index is 231. The van der Waals surface area contributed by atoms with Crippen LogP contribution in [0, 0.1) is 11.8 Å². The average molecular weight is 286 g/mol. The number of rotatable bonds is 10. The Morgan fingerprint density at radius 2 is 1.70 bits per heavy atom. The van der Waals surface area contributed by atoms with Gasteiger partial charge in [-0.1, -0.05) is 19.8 Å². The number of hydrogen-bond donors (Lipinski definition) is 1. The van der Waals surface area contributed by atoms with E-state index in [1.165, 1.54) is 25.7 Å². The Kier molecular flexibility index (Phi) is 9.44. The van der Waals surface area contributed by atoms with Crippen LogP contribution in [0.4, 0.5) is 0 Å². The van der Waals surface area contributed by atoms with Gasteiger partial charge in [0.25, 0.3) is 0 Å². The molecule has 0 aromatic carbocycles. The van der Waals surface area contributed by atoms with E-state index in [0.717, 1.165) is 51.1 Å². The van der Waals surface area contributed by atoms with Crippen LogP contribution >= 0.6 is 0 Å². The van der Waals surface area contributed by atoms with Gasteiger partial charge in [0.1, 0.15) is 0 Å². The normalized spacial score (nSPS) is 25.1. The molecule has 4 heteroatoms. The van der Waals surface area contributed by atoms with Crippen molar-refractivity contribution in [3.8, 4) is 0 Å². The second-order valence-electron chi connectivity index (χ2n) is 6.20. The summed E-state index contributed by atoms with van der Waals surface area (Å²) in [6.07, 6.45) is 6.45. The number of methoxy groups -OCH3 is 2. The number of ether oxygens (including phenoxy) is 2. The summed E-state index contributed by atoms with van der Waals surface area (Å²) in [5, 5.41) is 0. The molecule has 0 aromatic heterocycles. The van der Waals surface area contributed by atoms with E-state index in [1.807, 2.05) is 0 Å². The van der Waals surface area contributed by atoms with Gasteiger partial charge in [0.2, 0.25) is 0 Å². The molecule has 0 bridgehead atoms. The van der Waals surface area contributed by atoms with Crippen LogP contribution in [0.2, 0.25) is 0 Å². The van der Waals surface area contributed by atoms with Crippen LogP contribution in [0.5, 0.6) is 0 Å². The molecule has 1 unspecified atom stereocenters. The van der Waals surface area contributed by atoms with E-state index >= 15 is 0 Å². The number of nitrogens with zero attached hydrogens (tertiary/aromatic N) is 1. The van der Waals surface area contributed by atoms with Gasteiger partial charge in [-0.25, -0.2) is 0 Å². The molecule has 1 atom stereocenters. The highest BCUT2D eigenvalue weighted by Gasteiger charge is 2.29. The van der Waals surface area contributed by atoms with Gasteiger partial charge >= 0.3 is 0 Å². The maximum atomic E-state index is 6.10. The summed E-state index contributed by atoms with van der Waals surface area (Å²) in [7, 11) is 3.54. The molecule has 1 aliphatic rings. The molecule has 2 N–H and O–H groups in total. The fraction of sp³-hybridized carbons (Fsp3) is 1.00. The molecule has 20 heavy (non-hydrogen) atoms. The zero-order chi connectivity index (χ0) is 14.8. The van der Waals surface area contributed by atoms with Crippen molar-refractivity contribution in [2.45, 2.75) is 45.1 Å². The monoisotopic (exact) mass is 286 g/mol. The molecule has 1 saturated carbocycles. The summed E-state index contributed by atoms with van der Waals surface area (Å²) in [6.45, 7) is 6.78. The van der Waals surface area contributed by atoms with Crippen LogP contribution in [-0.4, -0.2) is 58.0 Å². The molecule has 1 aliphatic carbocycles. The predicted molar refractivity (Wildman–Crippen MR) is 83.9 cm³/mol. The summed E-state index contributed by atoms with van der Waals surface area (Å²) < 4.78 is 10.4. The first-order chi connectivity index (χ1) is 9.72. The topological polar surface area (TPSA) is 47.7 Å².